The lowest BCUT2D eigenvalue weighted by atomic mass is 10.1. The van der Waals surface area contributed by atoms with Crippen LogP contribution in [0.15, 0.2) is 12.2 Å². The Morgan fingerprint density at radius 3 is 1.13 bits per heavy atom. The lowest BCUT2D eigenvalue weighted by molar-refractivity contribution is -0.929. The van der Waals surface area contributed by atoms with Gasteiger partial charge >= 0.3 is 17.9 Å². The third kappa shape index (κ3) is 26.1. The first kappa shape index (κ1) is 37.1. The van der Waals surface area contributed by atoms with Gasteiger partial charge in [0.25, 0.3) is 0 Å². The highest BCUT2D eigenvalue weighted by atomic mass is 16.4. The summed E-state index contributed by atoms with van der Waals surface area (Å²) in [5.41, 5.74) is 0. The predicted octanol–water partition coefficient (Wildman–Crippen LogP) is 8.22. The minimum absolute atomic E-state index is 0.0851. The molecule has 0 heterocycles. The molecule has 0 saturated carbocycles. The first-order valence-corrected chi connectivity index (χ1v) is 16.0. The van der Waals surface area contributed by atoms with E-state index in [4.69, 9.17) is 15.3 Å². The molecule has 0 aliphatic carbocycles. The van der Waals surface area contributed by atoms with E-state index in [9.17, 15) is 14.4 Å². The van der Waals surface area contributed by atoms with E-state index in [0.29, 0.717) is 43.4 Å². The van der Waals surface area contributed by atoms with Crippen molar-refractivity contribution in [3.05, 3.63) is 12.2 Å². The maximum absolute atomic E-state index is 11.1. The summed E-state index contributed by atoms with van der Waals surface area (Å²) in [7, 11) is 0. The Bertz CT molecular complexity index is 598. The maximum atomic E-state index is 11.1. The third-order valence-electron chi connectivity index (χ3n) is 7.71. The molecule has 0 rings (SSSR count). The Morgan fingerprint density at radius 1 is 0.462 bits per heavy atom. The van der Waals surface area contributed by atoms with Crippen molar-refractivity contribution in [2.75, 3.05) is 26.2 Å². The third-order valence-corrected chi connectivity index (χ3v) is 7.71. The van der Waals surface area contributed by atoms with E-state index in [1.807, 2.05) is 0 Å². The Hall–Kier alpha value is -1.89. The molecule has 228 valence electrons. The van der Waals surface area contributed by atoms with Crippen molar-refractivity contribution >= 4 is 17.9 Å². The molecule has 0 saturated heterocycles. The molecule has 0 fully saturated rings. The van der Waals surface area contributed by atoms with E-state index in [1.165, 1.54) is 70.6 Å². The van der Waals surface area contributed by atoms with Crippen molar-refractivity contribution in [3.63, 3.8) is 0 Å². The van der Waals surface area contributed by atoms with Gasteiger partial charge in [-0.05, 0) is 38.5 Å². The molecular weight excluding hydrogens is 494 g/mol. The summed E-state index contributed by atoms with van der Waals surface area (Å²) in [4.78, 5) is 33.2. The number of quaternary nitrogens is 1. The van der Waals surface area contributed by atoms with E-state index in [1.54, 1.807) is 0 Å². The molecule has 0 spiro atoms. The first-order chi connectivity index (χ1) is 18.8. The van der Waals surface area contributed by atoms with Gasteiger partial charge in [-0.15, -0.1) is 0 Å². The van der Waals surface area contributed by atoms with Crippen LogP contribution >= 0.6 is 0 Å². The van der Waals surface area contributed by atoms with Crippen LogP contribution in [0.3, 0.4) is 0 Å². The zero-order valence-electron chi connectivity index (χ0n) is 25.1. The number of unbranched alkanes of at least 4 members (excludes halogenated alkanes) is 14. The number of hydrogen-bond acceptors (Lipinski definition) is 3. The standard InChI is InChI=1S/C32H59NO6/c1-2-3-4-5-6-7-8-9-10-11-12-13-14-15-16-17-18-19-26-33(27-20-23-30(34)35,28-21-24-31(36)37)29-22-25-32(38)39/h14-15H,2-13,16-29H2,1H3,(H2-,34,35,36,37,38,39)/p+1/b15-14+. The van der Waals surface area contributed by atoms with Crippen molar-refractivity contribution in [1.29, 1.82) is 0 Å². The average Bonchev–Trinajstić information content (AvgIpc) is 2.87. The van der Waals surface area contributed by atoms with E-state index in [-0.39, 0.29) is 19.3 Å². The van der Waals surface area contributed by atoms with Crippen molar-refractivity contribution in [2.24, 2.45) is 0 Å². The normalized spacial score (nSPS) is 11.8. The first-order valence-electron chi connectivity index (χ1n) is 16.0. The number of hydrogen-bond donors (Lipinski definition) is 3. The van der Waals surface area contributed by atoms with Crippen molar-refractivity contribution < 1.29 is 34.2 Å². The molecular formula is C32H60NO6+. The zero-order chi connectivity index (χ0) is 29.0. The van der Waals surface area contributed by atoms with Gasteiger partial charge in [0, 0.05) is 19.3 Å². The van der Waals surface area contributed by atoms with Gasteiger partial charge in [-0.2, -0.15) is 0 Å². The smallest absolute Gasteiger partial charge is 0.303 e. The van der Waals surface area contributed by atoms with Gasteiger partial charge < -0.3 is 19.8 Å². The summed E-state index contributed by atoms with van der Waals surface area (Å²) in [5, 5.41) is 27.2. The summed E-state index contributed by atoms with van der Waals surface area (Å²) < 4.78 is 0.628. The molecule has 0 unspecified atom stereocenters. The monoisotopic (exact) mass is 554 g/mol. The highest BCUT2D eigenvalue weighted by molar-refractivity contribution is 5.67. The fourth-order valence-corrected chi connectivity index (χ4v) is 5.42. The van der Waals surface area contributed by atoms with Crippen LogP contribution in [0.4, 0.5) is 0 Å². The van der Waals surface area contributed by atoms with Gasteiger partial charge in [0.2, 0.25) is 0 Å². The summed E-state index contributed by atoms with van der Waals surface area (Å²) in [6.45, 7) is 5.08. The SMILES string of the molecule is CCCCCCCCCCCCC/C=C/CCCCC[N+](CCCC(=O)O)(CCCC(=O)O)CCCC(=O)O. The molecule has 0 aliphatic rings. The van der Waals surface area contributed by atoms with Crippen LogP contribution in [0, 0.1) is 0 Å². The van der Waals surface area contributed by atoms with Crippen LogP contribution in [0.5, 0.6) is 0 Å². The zero-order valence-corrected chi connectivity index (χ0v) is 25.1. The molecule has 0 aromatic rings. The van der Waals surface area contributed by atoms with Crippen LogP contribution in [0.25, 0.3) is 0 Å². The minimum Gasteiger partial charge on any atom is -0.481 e. The van der Waals surface area contributed by atoms with Crippen molar-refractivity contribution in [1.82, 2.24) is 0 Å². The van der Waals surface area contributed by atoms with Gasteiger partial charge in [0.15, 0.2) is 0 Å². The molecule has 7 heteroatoms. The second-order valence-corrected chi connectivity index (χ2v) is 11.4. The molecule has 0 aromatic carbocycles. The van der Waals surface area contributed by atoms with Crippen LogP contribution in [-0.2, 0) is 14.4 Å². The number of carbonyl (C=O) groups is 3. The summed E-state index contributed by atoms with van der Waals surface area (Å²) in [6, 6.07) is 0. The van der Waals surface area contributed by atoms with E-state index < -0.39 is 17.9 Å². The number of nitrogens with zero attached hydrogens (tertiary/aromatic N) is 1. The molecule has 3 N–H and O–H groups in total. The fourth-order valence-electron chi connectivity index (χ4n) is 5.42. The summed E-state index contributed by atoms with van der Waals surface area (Å²) >= 11 is 0. The minimum atomic E-state index is -0.830. The van der Waals surface area contributed by atoms with Gasteiger partial charge in [0.1, 0.15) is 0 Å². The van der Waals surface area contributed by atoms with Crippen LogP contribution in [0.2, 0.25) is 0 Å². The van der Waals surface area contributed by atoms with Crippen LogP contribution in [0.1, 0.15) is 148 Å². The van der Waals surface area contributed by atoms with Gasteiger partial charge in [0.05, 0.1) is 45.4 Å². The Balaban J connectivity index is 4.23. The Morgan fingerprint density at radius 2 is 0.769 bits per heavy atom. The summed E-state index contributed by atoms with van der Waals surface area (Å²) in [6.07, 6.45) is 26.9. The highest BCUT2D eigenvalue weighted by Gasteiger charge is 2.27. The summed E-state index contributed by atoms with van der Waals surface area (Å²) in [5.74, 6) is -2.49. The number of rotatable bonds is 30. The molecule has 7 nitrogen and oxygen atoms in total. The van der Waals surface area contributed by atoms with E-state index >= 15 is 0 Å². The second kappa shape index (κ2) is 26.3. The quantitative estimate of drug-likeness (QED) is 0.0468. The van der Waals surface area contributed by atoms with Gasteiger partial charge in [-0.1, -0.05) is 83.3 Å². The lowest BCUT2D eigenvalue weighted by Crippen LogP contribution is -2.51. The van der Waals surface area contributed by atoms with E-state index in [0.717, 1.165) is 38.6 Å². The highest BCUT2D eigenvalue weighted by Crippen LogP contribution is 2.18. The molecule has 0 atom stereocenters. The fraction of sp³-hybridized carbons (Fsp3) is 0.844. The maximum Gasteiger partial charge on any atom is 0.303 e. The molecule has 0 bridgehead atoms. The Labute approximate surface area is 238 Å². The van der Waals surface area contributed by atoms with Crippen LogP contribution < -0.4 is 0 Å². The molecule has 0 aromatic heterocycles. The number of aliphatic carboxylic acids is 3. The molecule has 0 amide bonds. The van der Waals surface area contributed by atoms with Crippen LogP contribution in [-0.4, -0.2) is 63.9 Å². The number of carboxylic acid groups (broad SMARTS) is 3. The van der Waals surface area contributed by atoms with E-state index in [2.05, 4.69) is 19.1 Å². The van der Waals surface area contributed by atoms with Crippen molar-refractivity contribution in [2.45, 2.75) is 148 Å². The predicted molar refractivity (Wildman–Crippen MR) is 159 cm³/mol. The lowest BCUT2D eigenvalue weighted by Gasteiger charge is -2.39. The number of carboxylic acids is 3. The largest absolute Gasteiger partial charge is 0.481 e. The van der Waals surface area contributed by atoms with Gasteiger partial charge in [-0.3, -0.25) is 14.4 Å². The average molecular weight is 555 g/mol. The molecule has 0 radical (unpaired) electrons. The van der Waals surface area contributed by atoms with Crippen molar-refractivity contribution in [3.8, 4) is 0 Å². The number of allylic oxidation sites excluding steroid dienone is 2. The second-order valence-electron chi connectivity index (χ2n) is 11.4. The topological polar surface area (TPSA) is 112 Å². The Kier molecular flexibility index (Phi) is 25.1. The molecule has 0 aliphatic heterocycles. The van der Waals surface area contributed by atoms with Gasteiger partial charge in [-0.25, -0.2) is 0 Å². The molecule has 39 heavy (non-hydrogen) atoms.